The summed E-state index contributed by atoms with van der Waals surface area (Å²) in [6, 6.07) is 5.99. The van der Waals surface area contributed by atoms with Crippen LogP contribution in [0.5, 0.6) is 0 Å². The van der Waals surface area contributed by atoms with E-state index in [0.29, 0.717) is 10.8 Å². The first-order valence-electron chi connectivity index (χ1n) is 5.70. The van der Waals surface area contributed by atoms with E-state index in [-0.39, 0.29) is 22.3 Å². The molecule has 20 heavy (non-hydrogen) atoms. The lowest BCUT2D eigenvalue weighted by molar-refractivity contribution is 0.0379. The van der Waals surface area contributed by atoms with Gasteiger partial charge in [-0.2, -0.15) is 0 Å². The largest absolute Gasteiger partial charge is 0.386 e. The number of fused-ring (bicyclic) bond motifs is 4. The number of ether oxygens (including phenoxy) is 2. The van der Waals surface area contributed by atoms with Crippen LogP contribution in [0.3, 0.4) is 0 Å². The second-order valence-corrected chi connectivity index (χ2v) is 4.46. The van der Waals surface area contributed by atoms with Crippen LogP contribution in [-0.4, -0.2) is 23.9 Å². The summed E-state index contributed by atoms with van der Waals surface area (Å²) >= 11 is 0. The van der Waals surface area contributed by atoms with Gasteiger partial charge >= 0.3 is 23.9 Å². The molecule has 3 aliphatic heterocycles. The van der Waals surface area contributed by atoms with Gasteiger partial charge in [0.15, 0.2) is 0 Å². The molecule has 4 bridgehead atoms. The van der Waals surface area contributed by atoms with Crippen LogP contribution in [-0.2, 0) is 9.47 Å². The van der Waals surface area contributed by atoms with Gasteiger partial charge in [-0.15, -0.1) is 0 Å². The van der Waals surface area contributed by atoms with E-state index in [4.69, 9.17) is 0 Å². The van der Waals surface area contributed by atoms with E-state index < -0.39 is 23.9 Å². The second kappa shape index (κ2) is 3.30. The Hall–Kier alpha value is -3.02. The number of cyclic esters (lactones) is 2. The number of hydrogen-bond acceptors (Lipinski definition) is 6. The molecule has 0 spiro atoms. The van der Waals surface area contributed by atoms with E-state index in [0.717, 1.165) is 0 Å². The first-order chi connectivity index (χ1) is 9.56. The molecule has 0 radical (unpaired) electrons. The number of hydrogen-bond donors (Lipinski definition) is 0. The highest BCUT2D eigenvalue weighted by molar-refractivity contribution is 6.25. The minimum absolute atomic E-state index is 0.0148. The van der Waals surface area contributed by atoms with Gasteiger partial charge in [-0.1, -0.05) is 6.07 Å². The van der Waals surface area contributed by atoms with E-state index in [1.54, 1.807) is 6.07 Å². The summed E-state index contributed by atoms with van der Waals surface area (Å²) in [6.07, 6.45) is 0. The van der Waals surface area contributed by atoms with Crippen molar-refractivity contribution in [2.45, 2.75) is 0 Å². The Labute approximate surface area is 110 Å². The molecular formula is C14H4O6. The third-order valence-electron chi connectivity index (χ3n) is 3.37. The molecule has 6 heteroatoms. The smallest absolute Gasteiger partial charge is 0.347 e. The summed E-state index contributed by atoms with van der Waals surface area (Å²) in [7, 11) is 0. The highest BCUT2D eigenvalue weighted by Crippen LogP contribution is 2.33. The highest BCUT2D eigenvalue weighted by Gasteiger charge is 2.38. The van der Waals surface area contributed by atoms with E-state index in [9.17, 15) is 19.2 Å². The monoisotopic (exact) mass is 268 g/mol. The van der Waals surface area contributed by atoms with Crippen LogP contribution in [0.2, 0.25) is 0 Å². The zero-order chi connectivity index (χ0) is 14.0. The molecule has 0 fully saturated rings. The normalized spacial score (nSPS) is 16.2. The minimum atomic E-state index is -0.954. The zero-order valence-corrected chi connectivity index (χ0v) is 9.76. The molecule has 0 amide bonds. The first kappa shape index (κ1) is 10.9. The average molecular weight is 268 g/mol. The third kappa shape index (κ3) is 1.17. The summed E-state index contributed by atoms with van der Waals surface area (Å²) in [4.78, 5) is 47.0. The number of carbonyl (C=O) groups excluding carboxylic acids is 4. The van der Waals surface area contributed by atoms with Gasteiger partial charge in [0.2, 0.25) is 0 Å². The van der Waals surface area contributed by atoms with Crippen LogP contribution < -0.4 is 0 Å². The molecule has 2 aromatic carbocycles. The van der Waals surface area contributed by atoms with Crippen molar-refractivity contribution in [3.63, 3.8) is 0 Å². The van der Waals surface area contributed by atoms with E-state index >= 15 is 0 Å². The van der Waals surface area contributed by atoms with E-state index in [2.05, 4.69) is 9.47 Å². The van der Waals surface area contributed by atoms with Crippen molar-refractivity contribution in [3.8, 4) is 0 Å². The molecule has 0 atom stereocenters. The van der Waals surface area contributed by atoms with Crippen LogP contribution in [0.15, 0.2) is 24.3 Å². The lowest BCUT2D eigenvalue weighted by Crippen LogP contribution is -2.18. The summed E-state index contributed by atoms with van der Waals surface area (Å²) in [5.41, 5.74) is -0.0296. The molecule has 0 N–H and O–H groups in total. The molecule has 3 heterocycles. The molecule has 96 valence electrons. The standard InChI is InChI=1S/C14H4O6/c15-11-5-1-2-7-6(3-5)4-8-10(9(7)13(17)19-11)14(18)20-12(8)16/h1-4H. The Morgan fingerprint density at radius 1 is 0.700 bits per heavy atom. The van der Waals surface area contributed by atoms with Crippen LogP contribution in [0.1, 0.15) is 41.4 Å². The van der Waals surface area contributed by atoms with Crippen LogP contribution >= 0.6 is 0 Å². The van der Waals surface area contributed by atoms with Crippen molar-refractivity contribution in [1.29, 1.82) is 0 Å². The lowest BCUT2D eigenvalue weighted by atomic mass is 9.93. The minimum Gasteiger partial charge on any atom is -0.386 e. The Balaban J connectivity index is 2.25. The fraction of sp³-hybridized carbons (Fsp3) is 0. The topological polar surface area (TPSA) is 86.7 Å². The average Bonchev–Trinajstić information content (AvgIpc) is 2.69. The van der Waals surface area contributed by atoms with Gasteiger partial charge in [-0.3, -0.25) is 0 Å². The summed E-state index contributed by atoms with van der Waals surface area (Å²) in [6.45, 7) is 0. The van der Waals surface area contributed by atoms with Gasteiger partial charge in [-0.25, -0.2) is 19.2 Å². The number of carbonyl (C=O) groups is 4. The van der Waals surface area contributed by atoms with Crippen molar-refractivity contribution in [2.75, 3.05) is 0 Å². The fourth-order valence-electron chi connectivity index (χ4n) is 2.50. The van der Waals surface area contributed by atoms with Crippen molar-refractivity contribution in [3.05, 3.63) is 46.5 Å². The Morgan fingerprint density at radius 3 is 2.20 bits per heavy atom. The van der Waals surface area contributed by atoms with Crippen molar-refractivity contribution in [1.82, 2.24) is 0 Å². The second-order valence-electron chi connectivity index (χ2n) is 4.46. The Morgan fingerprint density at radius 2 is 1.40 bits per heavy atom. The third-order valence-corrected chi connectivity index (χ3v) is 3.37. The van der Waals surface area contributed by atoms with Crippen LogP contribution in [0.25, 0.3) is 10.8 Å². The van der Waals surface area contributed by atoms with Crippen molar-refractivity contribution >= 4 is 34.6 Å². The zero-order valence-electron chi connectivity index (χ0n) is 9.76. The predicted octanol–water partition coefficient (Wildman–Crippen LogP) is 1.46. The fourth-order valence-corrected chi connectivity index (χ4v) is 2.50. The van der Waals surface area contributed by atoms with Gasteiger partial charge in [0, 0.05) is 0 Å². The molecule has 0 saturated heterocycles. The molecule has 2 aromatic rings. The summed E-state index contributed by atoms with van der Waals surface area (Å²) in [5.74, 6) is -3.46. The quantitative estimate of drug-likeness (QED) is 0.531. The number of rotatable bonds is 0. The maximum absolute atomic E-state index is 12.0. The van der Waals surface area contributed by atoms with Crippen molar-refractivity contribution < 1.29 is 28.7 Å². The molecule has 0 saturated carbocycles. The van der Waals surface area contributed by atoms with Crippen molar-refractivity contribution in [2.24, 2.45) is 0 Å². The van der Waals surface area contributed by atoms with E-state index in [1.165, 1.54) is 18.2 Å². The molecule has 3 aliphatic rings. The first-order valence-corrected chi connectivity index (χ1v) is 5.70. The van der Waals surface area contributed by atoms with Gasteiger partial charge in [0.05, 0.1) is 22.3 Å². The van der Waals surface area contributed by atoms with Crippen LogP contribution in [0, 0.1) is 0 Å². The molecule has 5 rings (SSSR count). The number of esters is 4. The van der Waals surface area contributed by atoms with Gasteiger partial charge in [0.1, 0.15) is 0 Å². The summed E-state index contributed by atoms with van der Waals surface area (Å²) in [5, 5.41) is 0.949. The van der Waals surface area contributed by atoms with Crippen LogP contribution in [0.4, 0.5) is 0 Å². The molecule has 6 nitrogen and oxygen atoms in total. The van der Waals surface area contributed by atoms with Gasteiger partial charge in [0.25, 0.3) is 0 Å². The maximum Gasteiger partial charge on any atom is 0.347 e. The Bertz CT molecular complexity index is 877. The summed E-state index contributed by atoms with van der Waals surface area (Å²) < 4.78 is 9.18. The molecule has 0 unspecified atom stereocenters. The lowest BCUT2D eigenvalue weighted by Gasteiger charge is -2.13. The molecule has 0 aromatic heterocycles. The molecule has 0 aliphatic carbocycles. The predicted molar refractivity (Wildman–Crippen MR) is 63.4 cm³/mol. The number of benzene rings is 2. The highest BCUT2D eigenvalue weighted by atomic mass is 16.6. The molecular weight excluding hydrogens is 264 g/mol. The SMILES string of the molecule is O=C1OC(=O)c2c3c(cc4cc1ccc24)C(=O)OC3=O. The van der Waals surface area contributed by atoms with E-state index in [1.807, 2.05) is 0 Å². The van der Waals surface area contributed by atoms with Gasteiger partial charge in [-0.05, 0) is 29.0 Å². The van der Waals surface area contributed by atoms with Gasteiger partial charge < -0.3 is 9.47 Å². The Kier molecular flexibility index (Phi) is 1.79. The maximum atomic E-state index is 12.0.